The molecule has 7 heterocycles. The maximum Gasteiger partial charge on any atom is 0.519 e. The Balaban J connectivity index is 0.000000275. The van der Waals surface area contributed by atoms with Crippen LogP contribution in [0.5, 0.6) is 5.75 Å². The maximum atomic E-state index is 11.6. The van der Waals surface area contributed by atoms with Gasteiger partial charge >= 0.3 is 65.2 Å². The molecular formula is C58H61N11O28. The molecule has 5 aliphatic heterocycles. The topological polar surface area (TPSA) is 523 Å². The molecule has 39 nitrogen and oxygen atoms in total. The number of nitrogens with one attached hydrogen (secondary N) is 10. The number of ether oxygens (including phenoxy) is 10. The Morgan fingerprint density at radius 1 is 0.515 bits per heavy atom. The van der Waals surface area contributed by atoms with Gasteiger partial charge in [-0.3, -0.25) is 38.7 Å². The maximum absolute atomic E-state index is 11.6. The first-order valence-corrected chi connectivity index (χ1v) is 27.6. The zero-order chi connectivity index (χ0) is 71.6. The zero-order valence-corrected chi connectivity index (χ0v) is 51.4. The van der Waals surface area contributed by atoms with Crippen molar-refractivity contribution < 1.29 is 119 Å². The summed E-state index contributed by atoms with van der Waals surface area (Å²) < 4.78 is 57.0. The molecule has 1 fully saturated rings. The second-order valence-corrected chi connectivity index (χ2v) is 18.8. The molecule has 2 aromatic heterocycles. The Bertz CT molecular complexity index is 3880. The molecule has 0 aliphatic carbocycles. The van der Waals surface area contributed by atoms with Crippen molar-refractivity contribution in [1.29, 1.82) is 0 Å². The van der Waals surface area contributed by atoms with Gasteiger partial charge in [0.05, 0.1) is 56.7 Å². The monoisotopic (exact) mass is 1360 g/mol. The lowest BCUT2D eigenvalue weighted by Crippen LogP contribution is -2.36. The van der Waals surface area contributed by atoms with Gasteiger partial charge in [-0.1, -0.05) is 40.2 Å². The number of aromatic amines is 2. The lowest BCUT2D eigenvalue weighted by molar-refractivity contribution is -0.166. The molecular weight excluding hydrogens is 1300 g/mol. The number of esters is 9. The fourth-order valence-electron chi connectivity index (χ4n) is 6.38. The van der Waals surface area contributed by atoms with Crippen LogP contribution in [0.2, 0.25) is 0 Å². The van der Waals surface area contributed by atoms with Crippen LogP contribution in [0.3, 0.4) is 0 Å². The SMILES string of the molecule is C=C1NC=C(OC(=O)/C=C/C(=O)OCCCCN2CCOCC2)C(=O)N1.C=C1NC=C(OC(=O)/C=C/C(=O)OCOC(=O)C(C)C)C(=O)N1.C=C1NC=C(OC(=O)/C=C/C(=O)OCc2oc(=O)oc2C)C(=O)N1.C=C1NC=C(OC(=O)/C=C/C(=O)Oc2c[nH]c(=O)[nH]c2=O)C(=O)N1. The standard InChI is InChI=1S/C17H23N3O6.C14H12N2O8.C14H16N2O7.C13H10N4O7/c1-13-18-12-14(17(23)19-13)26-16(22)5-4-15(21)25-9-3-2-6-20-7-10-24-11-8-20;1-7-10(24-14(20)22-7)6-21-11(17)3-4-12(18)23-9-5-15-8(2)16-13(9)19;1-8(2)14(20)22-7-21-11(17)4-5-12(18)23-10-6-15-9(3)16-13(10)19;1-6-14-4-7(11(20)16-6)23-9(18)2-3-10(19)24-8-5-15-13(22)17-12(8)21/h4-5,12,18H,1-3,6-11H2,(H,19,23);3-5,15H,2,6H2,1H3,(H,16,19);4-6,8,15H,3,7H2,1-2H3,(H,16,19);2-5,14H,1H2,(H,16,20)(H2,15,17,21,22)/b5-4+;4-3+;5-4+;3-2+. The smallest absolute Gasteiger partial charge is 0.463 e. The van der Waals surface area contributed by atoms with Crippen LogP contribution < -0.4 is 64.3 Å². The van der Waals surface area contributed by atoms with Gasteiger partial charge in [-0.2, -0.15) is 0 Å². The molecule has 0 spiro atoms. The van der Waals surface area contributed by atoms with Crippen LogP contribution >= 0.6 is 0 Å². The van der Waals surface area contributed by atoms with E-state index in [0.717, 1.165) is 107 Å². The molecule has 10 N–H and O–H groups in total. The number of H-pyrrole nitrogens is 2. The molecule has 0 radical (unpaired) electrons. The summed E-state index contributed by atoms with van der Waals surface area (Å²) in [4.78, 5) is 188. The van der Waals surface area contributed by atoms with Gasteiger partial charge in [0.2, 0.25) is 35.6 Å². The lowest BCUT2D eigenvalue weighted by atomic mass is 10.2. The quantitative estimate of drug-likeness (QED) is 0.0179. The predicted octanol–water partition coefficient (Wildman–Crippen LogP) is -2.59. The molecule has 0 aromatic carbocycles. The Hall–Kier alpha value is -13.2. The normalized spacial score (nSPS) is 15.0. The fraction of sp³-hybridized carbons (Fsp3) is 0.241. The average Bonchev–Trinajstić information content (AvgIpc) is 1.71. The molecule has 39 heteroatoms. The molecule has 1 saturated heterocycles. The molecule has 0 unspecified atom stereocenters. The fourth-order valence-corrected chi connectivity index (χ4v) is 6.38. The van der Waals surface area contributed by atoms with E-state index in [0.29, 0.717) is 12.2 Å². The van der Waals surface area contributed by atoms with Gasteiger partial charge in [-0.05, 0) is 26.3 Å². The van der Waals surface area contributed by atoms with Crippen LogP contribution in [0.25, 0.3) is 0 Å². The van der Waals surface area contributed by atoms with Crippen molar-refractivity contribution in [3.8, 4) is 5.75 Å². The third kappa shape index (κ3) is 29.7. The number of nitrogens with zero attached hydrogens (tertiary/aromatic N) is 1. The van der Waals surface area contributed by atoms with E-state index in [1.807, 2.05) is 4.98 Å². The molecule has 5 aliphatic rings. The van der Waals surface area contributed by atoms with E-state index >= 15 is 0 Å². The second-order valence-electron chi connectivity index (χ2n) is 18.8. The summed E-state index contributed by atoms with van der Waals surface area (Å²) in [5, 5.41) is 19.4. The van der Waals surface area contributed by atoms with E-state index in [1.54, 1.807) is 13.8 Å². The van der Waals surface area contributed by atoms with Crippen molar-refractivity contribution in [2.45, 2.75) is 40.2 Å². The highest BCUT2D eigenvalue weighted by atomic mass is 16.7. The van der Waals surface area contributed by atoms with E-state index in [4.69, 9.17) is 28.4 Å². The summed E-state index contributed by atoms with van der Waals surface area (Å²) in [5.41, 5.74) is -1.69. The average molecular weight is 1360 g/mol. The molecule has 97 heavy (non-hydrogen) atoms. The number of rotatable bonds is 23. The van der Waals surface area contributed by atoms with Crippen molar-refractivity contribution in [2.75, 3.05) is 46.2 Å². The minimum absolute atomic E-state index is 0.0552. The van der Waals surface area contributed by atoms with Gasteiger partial charge in [0.1, 0.15) is 23.3 Å². The Kier molecular flexibility index (Phi) is 30.9. The van der Waals surface area contributed by atoms with Gasteiger partial charge in [0.15, 0.2) is 18.1 Å². The van der Waals surface area contributed by atoms with Gasteiger partial charge in [-0.15, -0.1) is 0 Å². The summed E-state index contributed by atoms with van der Waals surface area (Å²) >= 11 is 0. The van der Waals surface area contributed by atoms with Crippen LogP contribution in [-0.4, -0.2) is 138 Å². The number of aryl methyl sites for hydroxylation is 1. The predicted molar refractivity (Wildman–Crippen MR) is 319 cm³/mol. The Morgan fingerprint density at radius 3 is 1.29 bits per heavy atom. The number of carbonyl (C=O) groups excluding carboxylic acids is 13. The van der Waals surface area contributed by atoms with Crippen LogP contribution in [0.1, 0.15) is 38.2 Å². The third-order valence-corrected chi connectivity index (χ3v) is 11.0. The second kappa shape index (κ2) is 39.3. The summed E-state index contributed by atoms with van der Waals surface area (Å²) in [7, 11) is 0. The number of aromatic nitrogens is 2. The molecule has 2 aromatic rings. The summed E-state index contributed by atoms with van der Waals surface area (Å²) in [6.07, 6.45) is 13.5. The molecule has 7 rings (SSSR count). The Morgan fingerprint density at radius 2 is 0.907 bits per heavy atom. The summed E-state index contributed by atoms with van der Waals surface area (Å²) in [5.74, 6) is -12.1. The van der Waals surface area contributed by atoms with Crippen molar-refractivity contribution in [1.82, 2.24) is 57.4 Å². The van der Waals surface area contributed by atoms with E-state index in [1.165, 1.54) is 13.1 Å². The minimum Gasteiger partial charge on any atom is -0.463 e. The molecule has 0 saturated carbocycles. The number of amides is 4. The number of carbonyl (C=O) groups is 13. The summed E-state index contributed by atoms with van der Waals surface area (Å²) in [6, 6.07) is 0. The van der Waals surface area contributed by atoms with E-state index in [9.17, 15) is 76.7 Å². The highest BCUT2D eigenvalue weighted by Crippen LogP contribution is 2.10. The van der Waals surface area contributed by atoms with Crippen LogP contribution in [0.15, 0.2) is 175 Å². The van der Waals surface area contributed by atoms with Crippen molar-refractivity contribution in [3.05, 3.63) is 195 Å². The molecule has 516 valence electrons. The van der Waals surface area contributed by atoms with Gasteiger partial charge < -0.3 is 104 Å². The molecule has 4 amide bonds. The van der Waals surface area contributed by atoms with Crippen LogP contribution in [0.4, 0.5) is 0 Å². The lowest BCUT2D eigenvalue weighted by Gasteiger charge is -2.26. The van der Waals surface area contributed by atoms with Crippen LogP contribution in [0, 0.1) is 12.8 Å². The first-order valence-electron chi connectivity index (χ1n) is 27.6. The third-order valence-electron chi connectivity index (χ3n) is 11.0. The van der Waals surface area contributed by atoms with E-state index in [2.05, 4.69) is 107 Å². The van der Waals surface area contributed by atoms with E-state index < -0.39 is 107 Å². The number of hydrogen-bond donors (Lipinski definition) is 10. The summed E-state index contributed by atoms with van der Waals surface area (Å²) in [6.45, 7) is 22.3. The van der Waals surface area contributed by atoms with E-state index in [-0.39, 0.29) is 77.0 Å². The first-order chi connectivity index (χ1) is 46.0. The number of hydrogen-bond acceptors (Lipinski definition) is 33. The van der Waals surface area contributed by atoms with Crippen LogP contribution in [-0.2, 0) is 112 Å². The van der Waals surface area contributed by atoms with Crippen molar-refractivity contribution in [3.63, 3.8) is 0 Å². The van der Waals surface area contributed by atoms with Gasteiger partial charge in [0.25, 0.3) is 29.2 Å². The number of unbranched alkanes of at least 4 members (excludes halogenated alkanes) is 1. The number of morpholine rings is 1. The largest absolute Gasteiger partial charge is 0.519 e. The van der Waals surface area contributed by atoms with Crippen molar-refractivity contribution >= 4 is 77.4 Å². The zero-order valence-electron chi connectivity index (χ0n) is 51.4. The van der Waals surface area contributed by atoms with Gasteiger partial charge in [0, 0.05) is 61.7 Å². The minimum atomic E-state index is -1.07. The molecule has 0 atom stereocenters. The highest BCUT2D eigenvalue weighted by molar-refractivity contribution is 6.01. The highest BCUT2D eigenvalue weighted by Gasteiger charge is 2.23. The van der Waals surface area contributed by atoms with Gasteiger partial charge in [-0.25, -0.2) is 47.9 Å². The first kappa shape index (κ1) is 76.3. The Labute approximate surface area is 545 Å². The van der Waals surface area contributed by atoms with Crippen molar-refractivity contribution in [2.24, 2.45) is 5.92 Å². The molecule has 0 bridgehead atoms.